The van der Waals surface area contributed by atoms with Gasteiger partial charge in [-0.25, -0.2) is 0 Å². The molecule has 4 unspecified atom stereocenters. The van der Waals surface area contributed by atoms with Gasteiger partial charge in [0.15, 0.2) is 0 Å². The maximum absolute atomic E-state index is 6.26. The fraction of sp³-hybridized carbons (Fsp3) is 1.00. The Bertz CT molecular complexity index is 249. The average Bonchev–Trinajstić information content (AvgIpc) is 2.48. The number of methoxy groups -OCH3 is 1. The highest BCUT2D eigenvalue weighted by molar-refractivity contribution is 6.11. The van der Waals surface area contributed by atoms with E-state index in [0.29, 0.717) is 17.8 Å². The van der Waals surface area contributed by atoms with Crippen LogP contribution in [0.3, 0.4) is 0 Å². The molecule has 2 rings (SSSR count). The van der Waals surface area contributed by atoms with E-state index in [1.165, 1.54) is 32.1 Å². The zero-order chi connectivity index (χ0) is 15.8. The molecule has 4 atom stereocenters. The van der Waals surface area contributed by atoms with Crippen LogP contribution in [0.4, 0.5) is 0 Å². The van der Waals surface area contributed by atoms with E-state index >= 15 is 0 Å². The second-order valence-electron chi connectivity index (χ2n) is 5.91. The van der Waals surface area contributed by atoms with Crippen molar-refractivity contribution < 1.29 is 4.74 Å². The van der Waals surface area contributed by atoms with Crippen LogP contribution in [0, 0.1) is 5.92 Å². The molecule has 2 radical (unpaired) electrons. The minimum absolute atomic E-state index is 0.215. The van der Waals surface area contributed by atoms with Crippen LogP contribution in [-0.4, -0.2) is 45.1 Å². The first-order valence-corrected chi connectivity index (χ1v) is 8.56. The molecule has 0 N–H and O–H groups in total. The maximum Gasteiger partial charge on any atom is 0.0704 e. The minimum atomic E-state index is 0.215. The third kappa shape index (κ3) is 4.49. The molecule has 0 aromatic carbocycles. The first kappa shape index (κ1) is 20.0. The van der Waals surface area contributed by atoms with Gasteiger partial charge in [-0.2, -0.15) is 0 Å². The normalized spacial score (nSPS) is 36.9. The summed E-state index contributed by atoms with van der Waals surface area (Å²) in [5.74, 6) is 1.14. The Kier molecular flexibility index (Phi) is 9.83. The summed E-state index contributed by atoms with van der Waals surface area (Å²) in [5.41, 5.74) is 0.215. The first-order chi connectivity index (χ1) is 9.58. The third-order valence-electron chi connectivity index (χ3n) is 4.90. The van der Waals surface area contributed by atoms with Crippen LogP contribution in [0.25, 0.3) is 0 Å². The predicted octanol–water partition coefficient (Wildman–Crippen LogP) is 4.30. The van der Waals surface area contributed by atoms with E-state index < -0.39 is 0 Å². The van der Waals surface area contributed by atoms with Crippen molar-refractivity contribution in [3.63, 3.8) is 0 Å². The molecule has 1 aliphatic carbocycles. The molecule has 1 aliphatic heterocycles. The van der Waals surface area contributed by atoms with Crippen molar-refractivity contribution in [1.29, 1.82) is 0 Å². The second kappa shape index (κ2) is 9.84. The summed E-state index contributed by atoms with van der Waals surface area (Å²) in [6, 6.07) is 0.678. The Morgan fingerprint density at radius 2 is 1.75 bits per heavy atom. The molecule has 0 bridgehead atoms. The second-order valence-corrected chi connectivity index (χ2v) is 5.91. The van der Waals surface area contributed by atoms with E-state index in [2.05, 4.69) is 18.9 Å². The van der Waals surface area contributed by atoms with Gasteiger partial charge in [-0.15, -0.1) is 0 Å². The van der Waals surface area contributed by atoms with Crippen molar-refractivity contribution in [2.24, 2.45) is 5.92 Å². The standard InChI is InChI=1S/C13H24BNO.2C2H6/c1-13(9-16-3)8-7-10-11(14)5-4-6-12(10)15(13)2;2*1-2/h10-12H,4-9H2,1-3H3;2*1-2H3. The molecule has 3 heteroatoms. The first-order valence-electron chi connectivity index (χ1n) is 8.56. The lowest BCUT2D eigenvalue weighted by Crippen LogP contribution is -2.59. The fourth-order valence-corrected chi connectivity index (χ4v) is 3.70. The van der Waals surface area contributed by atoms with E-state index in [1.807, 2.05) is 27.7 Å². The van der Waals surface area contributed by atoms with Gasteiger partial charge in [-0.05, 0) is 39.2 Å². The van der Waals surface area contributed by atoms with Crippen LogP contribution < -0.4 is 0 Å². The molecule has 2 nitrogen and oxygen atoms in total. The summed E-state index contributed by atoms with van der Waals surface area (Å²) < 4.78 is 5.39. The topological polar surface area (TPSA) is 12.5 Å². The van der Waals surface area contributed by atoms with Gasteiger partial charge in [0.05, 0.1) is 14.5 Å². The molecule has 0 spiro atoms. The zero-order valence-electron chi connectivity index (χ0n) is 14.9. The van der Waals surface area contributed by atoms with Crippen LogP contribution >= 0.6 is 0 Å². The number of rotatable bonds is 2. The van der Waals surface area contributed by atoms with Crippen molar-refractivity contribution in [3.05, 3.63) is 0 Å². The number of ether oxygens (including phenoxy) is 1. The van der Waals surface area contributed by atoms with E-state index in [0.717, 1.165) is 6.61 Å². The Balaban J connectivity index is 0.000000829. The van der Waals surface area contributed by atoms with Gasteiger partial charge in [0.1, 0.15) is 0 Å². The van der Waals surface area contributed by atoms with Gasteiger partial charge in [0, 0.05) is 18.7 Å². The van der Waals surface area contributed by atoms with Crippen molar-refractivity contribution in [2.75, 3.05) is 20.8 Å². The molecule has 0 aromatic heterocycles. The summed E-state index contributed by atoms with van der Waals surface area (Å²) in [5, 5.41) is 0. The van der Waals surface area contributed by atoms with Crippen LogP contribution in [-0.2, 0) is 4.74 Å². The Labute approximate surface area is 129 Å². The number of likely N-dealkylation sites (tertiary alicyclic amines) is 1. The van der Waals surface area contributed by atoms with Gasteiger partial charge in [0.2, 0.25) is 0 Å². The maximum atomic E-state index is 6.26. The SMILES string of the molecule is CC.CC.[B]C1CCCC2C1CCC(C)(COC)N2C. The number of fused-ring (bicyclic) bond motifs is 1. The lowest BCUT2D eigenvalue weighted by atomic mass is 9.61. The van der Waals surface area contributed by atoms with Crippen molar-refractivity contribution in [2.45, 2.75) is 84.1 Å². The Morgan fingerprint density at radius 1 is 1.15 bits per heavy atom. The summed E-state index contributed by atoms with van der Waals surface area (Å²) in [6.07, 6.45) is 6.31. The van der Waals surface area contributed by atoms with Gasteiger partial charge >= 0.3 is 0 Å². The molecular formula is C17H36BNO. The van der Waals surface area contributed by atoms with Gasteiger partial charge in [-0.1, -0.05) is 46.4 Å². The highest BCUT2D eigenvalue weighted by Crippen LogP contribution is 2.45. The molecule has 2 aliphatic rings. The van der Waals surface area contributed by atoms with Gasteiger partial charge < -0.3 is 4.74 Å². The molecular weight excluding hydrogens is 245 g/mol. The Morgan fingerprint density at radius 3 is 2.30 bits per heavy atom. The van der Waals surface area contributed by atoms with Gasteiger partial charge in [0.25, 0.3) is 0 Å². The molecule has 1 saturated carbocycles. The van der Waals surface area contributed by atoms with E-state index in [-0.39, 0.29) is 5.54 Å². The van der Waals surface area contributed by atoms with Crippen LogP contribution in [0.5, 0.6) is 0 Å². The lowest BCUT2D eigenvalue weighted by Gasteiger charge is -2.54. The molecule has 118 valence electrons. The summed E-state index contributed by atoms with van der Waals surface area (Å²) in [7, 11) is 10.3. The fourth-order valence-electron chi connectivity index (χ4n) is 3.70. The lowest BCUT2D eigenvalue weighted by molar-refractivity contribution is -0.0558. The molecule has 20 heavy (non-hydrogen) atoms. The highest BCUT2D eigenvalue weighted by Gasteiger charge is 2.44. The molecule has 2 fully saturated rings. The van der Waals surface area contributed by atoms with E-state index in [9.17, 15) is 0 Å². The monoisotopic (exact) mass is 281 g/mol. The van der Waals surface area contributed by atoms with Crippen LogP contribution in [0.15, 0.2) is 0 Å². The highest BCUT2D eigenvalue weighted by atomic mass is 16.5. The van der Waals surface area contributed by atoms with Crippen molar-refractivity contribution in [1.82, 2.24) is 4.90 Å². The number of nitrogens with zero attached hydrogens (tertiary/aromatic N) is 1. The number of hydrogen-bond acceptors (Lipinski definition) is 2. The van der Waals surface area contributed by atoms with Crippen LogP contribution in [0.1, 0.15) is 66.7 Å². The Hall–Kier alpha value is -0.0151. The van der Waals surface area contributed by atoms with Gasteiger partial charge in [-0.3, -0.25) is 4.90 Å². The largest absolute Gasteiger partial charge is 0.383 e. The smallest absolute Gasteiger partial charge is 0.0704 e. The summed E-state index contributed by atoms with van der Waals surface area (Å²) in [6.45, 7) is 11.2. The number of likely N-dealkylation sites (N-methyl/N-ethyl adjacent to an activating group) is 1. The minimum Gasteiger partial charge on any atom is -0.383 e. The summed E-state index contributed by atoms with van der Waals surface area (Å²) in [4.78, 5) is 2.55. The molecule has 0 aromatic rings. The predicted molar refractivity (Wildman–Crippen MR) is 90.6 cm³/mol. The third-order valence-corrected chi connectivity index (χ3v) is 4.90. The summed E-state index contributed by atoms with van der Waals surface area (Å²) >= 11 is 0. The van der Waals surface area contributed by atoms with E-state index in [4.69, 9.17) is 12.6 Å². The quantitative estimate of drug-likeness (QED) is 0.700. The molecule has 1 saturated heterocycles. The van der Waals surface area contributed by atoms with Crippen LogP contribution in [0.2, 0.25) is 5.82 Å². The molecule has 1 heterocycles. The van der Waals surface area contributed by atoms with Crippen molar-refractivity contribution in [3.8, 4) is 0 Å². The molecule has 0 amide bonds. The average molecular weight is 281 g/mol. The zero-order valence-corrected chi connectivity index (χ0v) is 14.9. The number of hydrogen-bond donors (Lipinski definition) is 0. The number of piperidine rings is 1. The van der Waals surface area contributed by atoms with Crippen molar-refractivity contribution >= 4 is 7.85 Å². The van der Waals surface area contributed by atoms with E-state index in [1.54, 1.807) is 7.11 Å².